The summed E-state index contributed by atoms with van der Waals surface area (Å²) in [5.74, 6) is -0.201. The minimum atomic E-state index is -0.679. The molecule has 0 amide bonds. The number of aliphatic hydroxyl groups is 2. The molecule has 5 rings (SSSR count). The number of anilines is 1. The van der Waals surface area contributed by atoms with Crippen LogP contribution in [0, 0.1) is 5.82 Å². The van der Waals surface area contributed by atoms with E-state index in [0.717, 1.165) is 39.5 Å². The fourth-order valence-electron chi connectivity index (χ4n) is 5.10. The molecule has 3 N–H and O–H groups in total. The van der Waals surface area contributed by atoms with Crippen LogP contribution in [0.1, 0.15) is 48.1 Å². The van der Waals surface area contributed by atoms with E-state index in [1.807, 2.05) is 30.3 Å². The van der Waals surface area contributed by atoms with E-state index in [4.69, 9.17) is 12.2 Å². The molecule has 1 heterocycles. The molecule has 0 radical (unpaired) electrons. The van der Waals surface area contributed by atoms with Gasteiger partial charge in [0.2, 0.25) is 0 Å². The lowest BCUT2D eigenvalue weighted by atomic mass is 9.94. The third-order valence-electron chi connectivity index (χ3n) is 7.15. The van der Waals surface area contributed by atoms with E-state index < -0.39 is 6.10 Å². The van der Waals surface area contributed by atoms with Crippen molar-refractivity contribution in [1.29, 1.82) is 0 Å². The Balaban J connectivity index is 1.39. The Labute approximate surface area is 237 Å². The molecule has 0 aromatic heterocycles. The highest BCUT2D eigenvalue weighted by Gasteiger charge is 2.41. The van der Waals surface area contributed by atoms with E-state index in [0.29, 0.717) is 17.5 Å². The first-order chi connectivity index (χ1) is 18.9. The Bertz CT molecular complexity index is 1410. The second kappa shape index (κ2) is 12.3. The molecule has 4 aromatic rings. The highest BCUT2D eigenvalue weighted by molar-refractivity contribution is 8.24. The topological polar surface area (TPSA) is 63.9 Å². The number of thioether (sulfide) groups is 1. The maximum absolute atomic E-state index is 13.3. The normalized spacial score (nSPS) is 17.9. The Morgan fingerprint density at radius 2 is 1.59 bits per heavy atom. The van der Waals surface area contributed by atoms with Crippen LogP contribution in [0.2, 0.25) is 0 Å². The number of hydrogen-bond acceptors (Lipinski definition) is 5. The van der Waals surface area contributed by atoms with Crippen molar-refractivity contribution < 1.29 is 19.7 Å². The maximum Gasteiger partial charge on any atom is 0.141 e. The van der Waals surface area contributed by atoms with Gasteiger partial charge in [0.25, 0.3) is 0 Å². The predicted octanol–water partition coefficient (Wildman–Crippen LogP) is 7.54. The van der Waals surface area contributed by atoms with Crippen LogP contribution < -0.4 is 4.90 Å². The summed E-state index contributed by atoms with van der Waals surface area (Å²) in [6.07, 6.45) is 1.34. The van der Waals surface area contributed by atoms with E-state index in [-0.39, 0.29) is 29.5 Å². The van der Waals surface area contributed by atoms with Gasteiger partial charge in [0.1, 0.15) is 15.9 Å². The molecule has 3 atom stereocenters. The van der Waals surface area contributed by atoms with Crippen molar-refractivity contribution in [2.24, 2.45) is 0 Å². The summed E-state index contributed by atoms with van der Waals surface area (Å²) < 4.78 is 14.0. The first kappa shape index (κ1) is 27.3. The summed E-state index contributed by atoms with van der Waals surface area (Å²) in [4.78, 5) is 2.10. The molecular formula is C32H30FNO3S2. The number of hydrogen-bond donors (Lipinski definition) is 3. The number of phenolic OH excluding ortho intramolecular Hbond substituents is 1. The quantitative estimate of drug-likeness (QED) is 0.184. The van der Waals surface area contributed by atoms with Crippen molar-refractivity contribution in [1.82, 2.24) is 0 Å². The zero-order chi connectivity index (χ0) is 27.4. The molecule has 0 aliphatic carbocycles. The molecule has 1 aliphatic heterocycles. The van der Waals surface area contributed by atoms with Crippen LogP contribution in [-0.4, -0.2) is 24.9 Å². The monoisotopic (exact) mass is 559 g/mol. The van der Waals surface area contributed by atoms with Gasteiger partial charge in [-0.3, -0.25) is 0 Å². The van der Waals surface area contributed by atoms with Gasteiger partial charge in [0.15, 0.2) is 0 Å². The summed E-state index contributed by atoms with van der Waals surface area (Å²) >= 11 is 7.47. The Morgan fingerprint density at radius 3 is 2.26 bits per heavy atom. The van der Waals surface area contributed by atoms with E-state index in [1.165, 1.54) is 12.1 Å². The minimum absolute atomic E-state index is 0.0394. The number of phenols is 1. The van der Waals surface area contributed by atoms with Crippen molar-refractivity contribution in [3.05, 3.63) is 120 Å². The van der Waals surface area contributed by atoms with Crippen LogP contribution in [0.25, 0.3) is 11.1 Å². The van der Waals surface area contributed by atoms with Crippen molar-refractivity contribution in [2.75, 3.05) is 4.90 Å². The van der Waals surface area contributed by atoms with Crippen molar-refractivity contribution in [3.63, 3.8) is 0 Å². The molecule has 1 aliphatic rings. The Hall–Kier alpha value is -3.23. The van der Waals surface area contributed by atoms with E-state index >= 15 is 0 Å². The van der Waals surface area contributed by atoms with Gasteiger partial charge in [-0.15, -0.1) is 0 Å². The van der Waals surface area contributed by atoms with Gasteiger partial charge in [-0.1, -0.05) is 90.7 Å². The summed E-state index contributed by atoms with van der Waals surface area (Å²) in [6, 6.07) is 29.5. The molecule has 7 heteroatoms. The lowest BCUT2D eigenvalue weighted by Gasteiger charge is -2.30. The highest BCUT2D eigenvalue weighted by Crippen LogP contribution is 2.49. The number of thiocarbonyl (C=S) groups is 1. The molecule has 0 bridgehead atoms. The lowest BCUT2D eigenvalue weighted by Crippen LogP contribution is -2.29. The van der Waals surface area contributed by atoms with E-state index in [2.05, 4.69) is 41.3 Å². The lowest BCUT2D eigenvalue weighted by molar-refractivity contribution is 0.163. The zero-order valence-corrected chi connectivity index (χ0v) is 22.9. The van der Waals surface area contributed by atoms with Crippen molar-refractivity contribution >= 4 is 34.0 Å². The fraction of sp³-hybridized carbons (Fsp3) is 0.219. The first-order valence-corrected chi connectivity index (χ1v) is 14.2. The number of halogens is 1. The van der Waals surface area contributed by atoms with Gasteiger partial charge in [-0.05, 0) is 71.8 Å². The van der Waals surface area contributed by atoms with Crippen LogP contribution in [0.5, 0.6) is 5.75 Å². The van der Waals surface area contributed by atoms with Crippen molar-refractivity contribution in [3.8, 4) is 16.9 Å². The molecule has 0 saturated carbocycles. The predicted molar refractivity (Wildman–Crippen MR) is 160 cm³/mol. The third kappa shape index (κ3) is 6.17. The molecule has 0 unspecified atom stereocenters. The highest BCUT2D eigenvalue weighted by atomic mass is 32.2. The van der Waals surface area contributed by atoms with Gasteiger partial charge >= 0.3 is 0 Å². The maximum atomic E-state index is 13.3. The largest absolute Gasteiger partial charge is 0.508 e. The molecule has 1 saturated heterocycles. The van der Waals surface area contributed by atoms with Crippen LogP contribution in [0.4, 0.5) is 10.1 Å². The smallest absolute Gasteiger partial charge is 0.141 e. The third-order valence-corrected chi connectivity index (χ3v) is 8.83. The molecule has 200 valence electrons. The first-order valence-electron chi connectivity index (χ1n) is 13.0. The number of rotatable bonds is 9. The number of nitrogens with zero attached hydrogens (tertiary/aromatic N) is 1. The molecule has 0 spiro atoms. The van der Waals surface area contributed by atoms with Crippen LogP contribution in [0.3, 0.4) is 0 Å². The van der Waals surface area contributed by atoms with Gasteiger partial charge in [-0.25, -0.2) is 4.39 Å². The molecule has 4 nitrogen and oxygen atoms in total. The summed E-state index contributed by atoms with van der Waals surface area (Å²) in [5.41, 5.74) is 5.26. The molecule has 39 heavy (non-hydrogen) atoms. The van der Waals surface area contributed by atoms with Crippen LogP contribution >= 0.6 is 24.0 Å². The second-order valence-corrected chi connectivity index (χ2v) is 11.6. The van der Waals surface area contributed by atoms with Gasteiger partial charge in [-0.2, -0.15) is 0 Å². The summed E-state index contributed by atoms with van der Waals surface area (Å²) in [6.45, 7) is -0.152. The molecule has 1 fully saturated rings. The van der Waals surface area contributed by atoms with E-state index in [1.54, 1.807) is 30.0 Å². The van der Waals surface area contributed by atoms with Crippen molar-refractivity contribution in [2.45, 2.75) is 43.3 Å². The zero-order valence-electron chi connectivity index (χ0n) is 21.3. The second-order valence-electron chi connectivity index (χ2n) is 9.70. The average Bonchev–Trinajstić information content (AvgIpc) is 3.29. The average molecular weight is 560 g/mol. The summed E-state index contributed by atoms with van der Waals surface area (Å²) in [7, 11) is 0. The minimum Gasteiger partial charge on any atom is -0.508 e. The Morgan fingerprint density at radius 1 is 0.897 bits per heavy atom. The van der Waals surface area contributed by atoms with Crippen LogP contribution in [-0.2, 0) is 6.61 Å². The van der Waals surface area contributed by atoms with Crippen LogP contribution in [0.15, 0.2) is 97.1 Å². The standard InChI is InChI=1S/C32H30FNO3S2/c33-25-14-10-24(11-15-25)28(36)7-4-8-30-31(27-18-9-21(20-35)19-29(27)37)34(32(38)39-30)26-16-12-23(13-17-26)22-5-2-1-3-6-22/h1-3,5-6,9-19,28,30-31,35-37H,4,7-8,20H2/t28-,30-,31-/m1/s1. The number of aromatic hydroxyl groups is 1. The van der Waals surface area contributed by atoms with Gasteiger partial charge in [0, 0.05) is 16.5 Å². The van der Waals surface area contributed by atoms with Gasteiger partial charge in [0.05, 0.1) is 18.8 Å². The molecular weight excluding hydrogens is 529 g/mol. The molecule has 4 aromatic carbocycles. The van der Waals surface area contributed by atoms with E-state index in [9.17, 15) is 19.7 Å². The fourth-order valence-corrected chi connectivity index (χ4v) is 6.96. The van der Waals surface area contributed by atoms with Gasteiger partial charge < -0.3 is 20.2 Å². The SMILES string of the molecule is OCc1ccc([C@@H]2[C@@H](CCC[C@@H](O)c3ccc(F)cc3)SC(=S)N2c2ccc(-c3ccccc3)cc2)c(O)c1. The number of benzene rings is 4. The Kier molecular flexibility index (Phi) is 8.63. The summed E-state index contributed by atoms with van der Waals surface area (Å²) in [5, 5.41) is 31.2. The number of aliphatic hydroxyl groups excluding tert-OH is 2.